The molecule has 0 aromatic carbocycles. The lowest BCUT2D eigenvalue weighted by Crippen LogP contribution is -2.60. The zero-order chi connectivity index (χ0) is 30.0. The number of hydrogen-bond donors (Lipinski definition) is 3. The van der Waals surface area contributed by atoms with Gasteiger partial charge in [0.2, 0.25) is 0 Å². The Balaban J connectivity index is 2.09. The van der Waals surface area contributed by atoms with E-state index in [4.69, 9.17) is 14.2 Å². The molecule has 0 radical (unpaired) electrons. The van der Waals surface area contributed by atoms with Crippen LogP contribution in [-0.2, 0) is 19.0 Å². The van der Waals surface area contributed by atoms with Crippen LogP contribution >= 0.6 is 0 Å². The molecule has 1 saturated heterocycles. The average molecular weight is 587 g/mol. The lowest BCUT2D eigenvalue weighted by Gasteiger charge is -2.39. The Morgan fingerprint density at radius 3 is 1.29 bits per heavy atom. The molecule has 0 spiro atoms. The third-order valence-electron chi connectivity index (χ3n) is 8.32. The molecule has 1 fully saturated rings. The molecule has 7 heteroatoms. The fourth-order valence-electron chi connectivity index (χ4n) is 5.52. The summed E-state index contributed by atoms with van der Waals surface area (Å²) in [5.41, 5.74) is 0. The summed E-state index contributed by atoms with van der Waals surface area (Å²) in [6.07, 6.45) is 22.5. The average Bonchev–Trinajstić information content (AvgIpc) is 2.97. The second-order valence-corrected chi connectivity index (χ2v) is 12.2. The summed E-state index contributed by atoms with van der Waals surface area (Å²) in [5.74, 6) is -0.717. The second-order valence-electron chi connectivity index (χ2n) is 12.2. The van der Waals surface area contributed by atoms with E-state index in [1.165, 1.54) is 116 Å². The molecule has 7 nitrogen and oxygen atoms in total. The number of ether oxygens (including phenoxy) is 3. The molecular weight excluding hydrogens is 520 g/mol. The minimum Gasteiger partial charge on any atom is -0.464 e. The van der Waals surface area contributed by atoms with Gasteiger partial charge >= 0.3 is 5.97 Å². The largest absolute Gasteiger partial charge is 0.464 e. The van der Waals surface area contributed by atoms with Crippen LogP contribution in [0.5, 0.6) is 0 Å². The van der Waals surface area contributed by atoms with Crippen molar-refractivity contribution in [1.29, 1.82) is 0 Å². The summed E-state index contributed by atoms with van der Waals surface area (Å²) < 4.78 is 16.5. The van der Waals surface area contributed by atoms with Gasteiger partial charge in [-0.3, -0.25) is 0 Å². The van der Waals surface area contributed by atoms with Crippen LogP contribution in [0.3, 0.4) is 0 Å². The third-order valence-corrected chi connectivity index (χ3v) is 8.32. The van der Waals surface area contributed by atoms with Gasteiger partial charge in [0.25, 0.3) is 0 Å². The standard InChI is InChI=1S/C34H66O7/c1-3-5-7-9-11-13-15-17-19-21-23-25-27-39-33(38)32-30(36)29(35)31(37)34(41-32)40-28-26-24-22-20-18-16-14-12-10-8-6-4-2/h29-32,34-37H,3-28H2,1-2H3/t29-,30+,31+,32-,34-/m0/s1. The van der Waals surface area contributed by atoms with E-state index in [0.29, 0.717) is 6.61 Å². The Morgan fingerprint density at radius 2 is 0.878 bits per heavy atom. The molecule has 1 aliphatic heterocycles. The van der Waals surface area contributed by atoms with Gasteiger partial charge in [-0.25, -0.2) is 4.79 Å². The van der Waals surface area contributed by atoms with Crippen molar-refractivity contribution in [3.05, 3.63) is 0 Å². The molecule has 41 heavy (non-hydrogen) atoms. The van der Waals surface area contributed by atoms with E-state index in [0.717, 1.165) is 38.5 Å². The molecule has 0 aliphatic carbocycles. The van der Waals surface area contributed by atoms with Crippen LogP contribution in [0, 0.1) is 0 Å². The van der Waals surface area contributed by atoms with Gasteiger partial charge < -0.3 is 29.5 Å². The van der Waals surface area contributed by atoms with Crippen LogP contribution < -0.4 is 0 Å². The van der Waals surface area contributed by atoms with Crippen LogP contribution in [-0.4, -0.2) is 65.2 Å². The Morgan fingerprint density at radius 1 is 0.512 bits per heavy atom. The SMILES string of the molecule is CCCCCCCCCCCCCCOC(=O)[C@H]1O[C@H](OCCCCCCCCCCCCCC)[C@H](O)[C@@H](O)[C@H]1O. The monoisotopic (exact) mass is 586 g/mol. The molecule has 5 atom stereocenters. The van der Waals surface area contributed by atoms with Crippen LogP contribution in [0.25, 0.3) is 0 Å². The highest BCUT2D eigenvalue weighted by Crippen LogP contribution is 2.24. The summed E-state index contributed by atoms with van der Waals surface area (Å²) in [6, 6.07) is 0. The normalized spacial score (nSPS) is 22.7. The third kappa shape index (κ3) is 19.2. The van der Waals surface area contributed by atoms with Crippen molar-refractivity contribution in [3.8, 4) is 0 Å². The van der Waals surface area contributed by atoms with E-state index in [1.807, 2.05) is 0 Å². The molecule has 0 unspecified atom stereocenters. The number of hydrogen-bond acceptors (Lipinski definition) is 7. The van der Waals surface area contributed by atoms with Gasteiger partial charge in [0.1, 0.15) is 18.3 Å². The summed E-state index contributed by atoms with van der Waals surface area (Å²) in [5, 5.41) is 30.8. The molecule has 0 saturated carbocycles. The van der Waals surface area contributed by atoms with Crippen molar-refractivity contribution >= 4 is 5.97 Å². The Kier molecular flexibility index (Phi) is 25.1. The predicted octanol–water partition coefficient (Wildman–Crippen LogP) is 7.76. The number of rotatable bonds is 28. The highest BCUT2D eigenvalue weighted by atomic mass is 16.7. The molecular formula is C34H66O7. The van der Waals surface area contributed by atoms with E-state index < -0.39 is 36.7 Å². The summed E-state index contributed by atoms with van der Waals surface area (Å²) >= 11 is 0. The minimum atomic E-state index is -1.55. The molecule has 0 amide bonds. The second kappa shape index (κ2) is 26.9. The lowest BCUT2D eigenvalue weighted by atomic mass is 9.99. The van der Waals surface area contributed by atoms with E-state index in [2.05, 4.69) is 13.8 Å². The van der Waals surface area contributed by atoms with E-state index in [1.54, 1.807) is 0 Å². The predicted molar refractivity (Wildman–Crippen MR) is 166 cm³/mol. The van der Waals surface area contributed by atoms with Gasteiger partial charge in [-0.05, 0) is 12.8 Å². The quantitative estimate of drug-likeness (QED) is 0.0635. The molecule has 3 N–H and O–H groups in total. The number of unbranched alkanes of at least 4 members (excludes halogenated alkanes) is 22. The van der Waals surface area contributed by atoms with Gasteiger partial charge in [0, 0.05) is 6.61 Å². The van der Waals surface area contributed by atoms with Crippen LogP contribution in [0.1, 0.15) is 168 Å². The van der Waals surface area contributed by atoms with Crippen molar-refractivity contribution in [2.75, 3.05) is 13.2 Å². The van der Waals surface area contributed by atoms with Gasteiger partial charge in [0.05, 0.1) is 6.61 Å². The number of carbonyl (C=O) groups excluding carboxylic acids is 1. The first-order valence-corrected chi connectivity index (χ1v) is 17.5. The van der Waals surface area contributed by atoms with E-state index in [9.17, 15) is 20.1 Å². The molecule has 1 rings (SSSR count). The van der Waals surface area contributed by atoms with Crippen molar-refractivity contribution in [3.63, 3.8) is 0 Å². The molecule has 0 bridgehead atoms. The summed E-state index contributed by atoms with van der Waals surface area (Å²) in [6.45, 7) is 5.11. The maximum atomic E-state index is 12.5. The van der Waals surface area contributed by atoms with Crippen molar-refractivity contribution < 1.29 is 34.3 Å². The van der Waals surface area contributed by atoms with Gasteiger partial charge in [-0.1, -0.05) is 155 Å². The van der Waals surface area contributed by atoms with Crippen LogP contribution in [0.4, 0.5) is 0 Å². The number of carbonyl (C=O) groups is 1. The number of aliphatic hydroxyl groups is 3. The van der Waals surface area contributed by atoms with Gasteiger partial charge in [0.15, 0.2) is 12.4 Å². The van der Waals surface area contributed by atoms with Crippen molar-refractivity contribution in [2.24, 2.45) is 0 Å². The van der Waals surface area contributed by atoms with Crippen LogP contribution in [0.2, 0.25) is 0 Å². The molecule has 0 aromatic rings. The summed E-state index contributed by atoms with van der Waals surface area (Å²) in [4.78, 5) is 12.5. The number of aliphatic hydroxyl groups excluding tert-OH is 3. The highest BCUT2D eigenvalue weighted by molar-refractivity contribution is 5.75. The maximum Gasteiger partial charge on any atom is 0.338 e. The minimum absolute atomic E-state index is 0.256. The zero-order valence-electron chi connectivity index (χ0n) is 26.7. The van der Waals surface area contributed by atoms with Crippen LogP contribution in [0.15, 0.2) is 0 Å². The van der Waals surface area contributed by atoms with Gasteiger partial charge in [-0.2, -0.15) is 0 Å². The Labute approximate surface area is 252 Å². The molecule has 1 heterocycles. The molecule has 1 aliphatic rings. The highest BCUT2D eigenvalue weighted by Gasteiger charge is 2.48. The van der Waals surface area contributed by atoms with Crippen molar-refractivity contribution in [1.82, 2.24) is 0 Å². The first-order valence-electron chi connectivity index (χ1n) is 17.5. The lowest BCUT2D eigenvalue weighted by molar-refractivity contribution is -0.295. The van der Waals surface area contributed by atoms with Crippen molar-refractivity contribution in [2.45, 2.75) is 199 Å². The van der Waals surface area contributed by atoms with E-state index >= 15 is 0 Å². The Hall–Kier alpha value is -0.730. The fraction of sp³-hybridized carbons (Fsp3) is 0.971. The maximum absolute atomic E-state index is 12.5. The number of esters is 1. The van der Waals surface area contributed by atoms with Gasteiger partial charge in [-0.15, -0.1) is 0 Å². The first-order chi connectivity index (χ1) is 20.0. The fourth-order valence-corrected chi connectivity index (χ4v) is 5.52. The topological polar surface area (TPSA) is 105 Å². The first kappa shape index (κ1) is 38.3. The summed E-state index contributed by atoms with van der Waals surface area (Å²) in [7, 11) is 0. The smallest absolute Gasteiger partial charge is 0.338 e. The molecule has 244 valence electrons. The molecule has 0 aromatic heterocycles. The zero-order valence-corrected chi connectivity index (χ0v) is 26.7. The van der Waals surface area contributed by atoms with E-state index in [-0.39, 0.29) is 6.61 Å². The Bertz CT molecular complexity index is 587.